The number of benzene rings is 1. The van der Waals surface area contributed by atoms with Crippen molar-refractivity contribution < 1.29 is 9.53 Å². The minimum Gasteiger partial charge on any atom is -0.383 e. The largest absolute Gasteiger partial charge is 0.383 e. The molecule has 0 aliphatic carbocycles. The normalized spacial score (nSPS) is 12.2. The first-order valence-corrected chi connectivity index (χ1v) is 9.12. The Morgan fingerprint density at radius 1 is 1.39 bits per heavy atom. The fraction of sp³-hybridized carbons (Fsp3) is 0.250. The molecule has 0 saturated heterocycles. The van der Waals surface area contributed by atoms with Crippen LogP contribution >= 0.6 is 34.3 Å². The Kier molecular flexibility index (Phi) is 5.27. The van der Waals surface area contributed by atoms with Gasteiger partial charge in [-0.05, 0) is 29.6 Å². The van der Waals surface area contributed by atoms with Gasteiger partial charge in [0, 0.05) is 23.6 Å². The van der Waals surface area contributed by atoms with Crippen molar-refractivity contribution >= 4 is 50.4 Å². The third-order valence-corrected chi connectivity index (χ3v) is 5.44. The summed E-state index contributed by atoms with van der Waals surface area (Å²) in [5.41, 5.74) is 1.01. The SMILES string of the molecule is COCCn1c(=NC(=O)Cc2cccs2)sc2cc(Cl)ccc21. The summed E-state index contributed by atoms with van der Waals surface area (Å²) < 4.78 is 8.18. The lowest BCUT2D eigenvalue weighted by Gasteiger charge is -2.04. The minimum absolute atomic E-state index is 0.142. The van der Waals surface area contributed by atoms with E-state index in [0.717, 1.165) is 15.1 Å². The molecule has 3 rings (SSSR count). The van der Waals surface area contributed by atoms with E-state index in [2.05, 4.69) is 4.99 Å². The zero-order valence-corrected chi connectivity index (χ0v) is 14.9. The first-order valence-electron chi connectivity index (χ1n) is 7.05. The van der Waals surface area contributed by atoms with Gasteiger partial charge >= 0.3 is 0 Å². The number of fused-ring (bicyclic) bond motifs is 1. The molecule has 1 aromatic carbocycles. The lowest BCUT2D eigenvalue weighted by atomic mass is 10.3. The molecule has 2 aromatic heterocycles. The van der Waals surface area contributed by atoms with Crippen molar-refractivity contribution in [3.05, 3.63) is 50.4 Å². The molecule has 2 heterocycles. The molecular weight excluding hydrogens is 352 g/mol. The lowest BCUT2D eigenvalue weighted by molar-refractivity contribution is -0.117. The summed E-state index contributed by atoms with van der Waals surface area (Å²) >= 11 is 9.10. The number of carbonyl (C=O) groups is 1. The second kappa shape index (κ2) is 7.40. The van der Waals surface area contributed by atoms with Crippen LogP contribution in [-0.4, -0.2) is 24.2 Å². The van der Waals surface area contributed by atoms with Crippen LogP contribution in [0.15, 0.2) is 40.7 Å². The van der Waals surface area contributed by atoms with Crippen molar-refractivity contribution in [3.8, 4) is 0 Å². The van der Waals surface area contributed by atoms with Gasteiger partial charge in [0.25, 0.3) is 5.91 Å². The van der Waals surface area contributed by atoms with E-state index < -0.39 is 0 Å². The lowest BCUT2D eigenvalue weighted by Crippen LogP contribution is -2.19. The zero-order chi connectivity index (χ0) is 16.2. The molecular formula is C16H15ClN2O2S2. The molecule has 1 amide bonds. The van der Waals surface area contributed by atoms with Crippen molar-refractivity contribution in [2.24, 2.45) is 4.99 Å². The number of amides is 1. The minimum atomic E-state index is -0.142. The number of carbonyl (C=O) groups excluding carboxylic acids is 1. The van der Waals surface area contributed by atoms with Crippen LogP contribution in [0, 0.1) is 0 Å². The number of rotatable bonds is 5. The van der Waals surface area contributed by atoms with Gasteiger partial charge in [-0.3, -0.25) is 4.79 Å². The average Bonchev–Trinajstić information content (AvgIpc) is 3.12. The molecule has 0 aliphatic heterocycles. The van der Waals surface area contributed by atoms with E-state index in [1.165, 1.54) is 11.3 Å². The third-order valence-electron chi connectivity index (χ3n) is 3.29. The number of aromatic nitrogens is 1. The molecule has 0 saturated carbocycles. The number of nitrogens with zero attached hydrogens (tertiary/aromatic N) is 2. The number of methoxy groups -OCH3 is 1. The average molecular weight is 367 g/mol. The molecule has 0 atom stereocenters. The summed E-state index contributed by atoms with van der Waals surface area (Å²) in [7, 11) is 1.66. The van der Waals surface area contributed by atoms with Crippen molar-refractivity contribution in [1.29, 1.82) is 0 Å². The molecule has 120 valence electrons. The van der Waals surface area contributed by atoms with Crippen LogP contribution in [0.25, 0.3) is 10.2 Å². The summed E-state index contributed by atoms with van der Waals surface area (Å²) in [6.45, 7) is 1.20. The molecule has 0 bridgehead atoms. The fourth-order valence-electron chi connectivity index (χ4n) is 2.24. The monoisotopic (exact) mass is 366 g/mol. The van der Waals surface area contributed by atoms with Gasteiger partial charge < -0.3 is 9.30 Å². The Morgan fingerprint density at radius 3 is 3.00 bits per heavy atom. The molecule has 0 N–H and O–H groups in total. The number of ether oxygens (including phenoxy) is 1. The fourth-order valence-corrected chi connectivity index (χ4v) is 4.28. The number of halogens is 1. The van der Waals surface area contributed by atoms with Crippen LogP contribution in [-0.2, 0) is 22.5 Å². The van der Waals surface area contributed by atoms with Gasteiger partial charge in [0.15, 0.2) is 4.80 Å². The molecule has 0 radical (unpaired) electrons. The van der Waals surface area contributed by atoms with Gasteiger partial charge in [0.1, 0.15) is 0 Å². The van der Waals surface area contributed by atoms with Gasteiger partial charge in [-0.1, -0.05) is 29.0 Å². The van der Waals surface area contributed by atoms with Crippen LogP contribution in [0.5, 0.6) is 0 Å². The van der Waals surface area contributed by atoms with E-state index >= 15 is 0 Å². The van der Waals surface area contributed by atoms with E-state index in [9.17, 15) is 4.79 Å². The van der Waals surface area contributed by atoms with Crippen LogP contribution in [0.3, 0.4) is 0 Å². The van der Waals surface area contributed by atoms with E-state index in [0.29, 0.717) is 29.4 Å². The van der Waals surface area contributed by atoms with Crippen molar-refractivity contribution in [2.45, 2.75) is 13.0 Å². The molecule has 3 aromatic rings. The first kappa shape index (κ1) is 16.4. The highest BCUT2D eigenvalue weighted by molar-refractivity contribution is 7.16. The highest BCUT2D eigenvalue weighted by Crippen LogP contribution is 2.22. The molecule has 4 nitrogen and oxygen atoms in total. The highest BCUT2D eigenvalue weighted by atomic mass is 35.5. The van der Waals surface area contributed by atoms with Crippen molar-refractivity contribution in [1.82, 2.24) is 4.57 Å². The van der Waals surface area contributed by atoms with Crippen LogP contribution in [0.1, 0.15) is 4.88 Å². The van der Waals surface area contributed by atoms with Gasteiger partial charge in [-0.25, -0.2) is 0 Å². The third kappa shape index (κ3) is 3.90. The topological polar surface area (TPSA) is 43.6 Å². The Bertz CT molecular complexity index is 881. The molecule has 0 aliphatic rings. The summed E-state index contributed by atoms with van der Waals surface area (Å²) in [6, 6.07) is 9.58. The Morgan fingerprint density at radius 2 is 2.26 bits per heavy atom. The Balaban J connectivity index is 2.00. The smallest absolute Gasteiger partial charge is 0.253 e. The van der Waals surface area contributed by atoms with Crippen LogP contribution in [0.4, 0.5) is 0 Å². The van der Waals surface area contributed by atoms with E-state index in [-0.39, 0.29) is 5.91 Å². The number of thiophene rings is 1. The van der Waals surface area contributed by atoms with E-state index in [4.69, 9.17) is 16.3 Å². The van der Waals surface area contributed by atoms with Crippen LogP contribution in [0.2, 0.25) is 5.02 Å². The molecule has 0 spiro atoms. The van der Waals surface area contributed by atoms with Crippen LogP contribution < -0.4 is 4.80 Å². The predicted molar refractivity (Wildman–Crippen MR) is 95.3 cm³/mol. The summed E-state index contributed by atoms with van der Waals surface area (Å²) in [6.07, 6.45) is 0.330. The van der Waals surface area contributed by atoms with E-state index in [1.54, 1.807) is 18.4 Å². The Labute approximate surface area is 146 Å². The van der Waals surface area contributed by atoms with Gasteiger partial charge in [0.2, 0.25) is 0 Å². The highest BCUT2D eigenvalue weighted by Gasteiger charge is 2.09. The Hall–Kier alpha value is -1.47. The van der Waals surface area contributed by atoms with Crippen molar-refractivity contribution in [3.63, 3.8) is 0 Å². The second-order valence-electron chi connectivity index (χ2n) is 4.90. The maximum absolute atomic E-state index is 12.2. The standard InChI is InChI=1S/C16H15ClN2O2S2/c1-21-7-6-19-13-5-4-11(17)9-14(13)23-16(19)18-15(20)10-12-3-2-8-22-12/h2-5,8-9H,6-7,10H2,1H3. The van der Waals surface area contributed by atoms with Crippen molar-refractivity contribution in [2.75, 3.05) is 13.7 Å². The van der Waals surface area contributed by atoms with Gasteiger partial charge in [0.05, 0.1) is 23.2 Å². The zero-order valence-electron chi connectivity index (χ0n) is 12.5. The maximum atomic E-state index is 12.2. The maximum Gasteiger partial charge on any atom is 0.253 e. The number of thiazole rings is 1. The number of hydrogen-bond acceptors (Lipinski definition) is 4. The summed E-state index contributed by atoms with van der Waals surface area (Å²) in [4.78, 5) is 18.2. The van der Waals surface area contributed by atoms with E-state index in [1.807, 2.05) is 40.3 Å². The summed E-state index contributed by atoms with van der Waals surface area (Å²) in [5, 5.41) is 2.64. The molecule has 0 unspecified atom stereocenters. The number of hydrogen-bond donors (Lipinski definition) is 0. The molecule has 23 heavy (non-hydrogen) atoms. The predicted octanol–water partition coefficient (Wildman–Crippen LogP) is 3.73. The quantitative estimate of drug-likeness (QED) is 0.690. The second-order valence-corrected chi connectivity index (χ2v) is 7.38. The molecule has 0 fully saturated rings. The molecule has 7 heteroatoms. The first-order chi connectivity index (χ1) is 11.2. The van der Waals surface area contributed by atoms with Gasteiger partial charge in [-0.15, -0.1) is 11.3 Å². The summed E-state index contributed by atoms with van der Waals surface area (Å²) in [5.74, 6) is -0.142. The van der Waals surface area contributed by atoms with Gasteiger partial charge in [-0.2, -0.15) is 4.99 Å².